The highest BCUT2D eigenvalue weighted by Crippen LogP contribution is 2.33. The molecule has 2 aromatic rings. The van der Waals surface area contributed by atoms with Gasteiger partial charge in [-0.05, 0) is 31.5 Å². The van der Waals surface area contributed by atoms with Gasteiger partial charge in [0.1, 0.15) is 12.7 Å². The van der Waals surface area contributed by atoms with E-state index in [0.717, 1.165) is 10.0 Å². The molecule has 0 spiro atoms. The maximum absolute atomic E-state index is 6.35. The minimum Gasteiger partial charge on any atom is -0.251 e. The Balaban J connectivity index is 2.45. The number of rotatable bonds is 3. The van der Waals surface area contributed by atoms with Crippen molar-refractivity contribution in [3.63, 3.8) is 0 Å². The molecule has 3 nitrogen and oxygen atoms in total. The highest BCUT2D eigenvalue weighted by molar-refractivity contribution is 9.10. The van der Waals surface area contributed by atoms with Crippen LogP contribution in [0.2, 0.25) is 5.02 Å². The predicted octanol–water partition coefficient (Wildman–Crippen LogP) is 3.68. The number of nitrogens with zero attached hydrogens (tertiary/aromatic N) is 3. The summed E-state index contributed by atoms with van der Waals surface area (Å²) in [7, 11) is 0. The van der Waals surface area contributed by atoms with Gasteiger partial charge in [0, 0.05) is 9.50 Å². The summed E-state index contributed by atoms with van der Waals surface area (Å²) in [5, 5.41) is 4.84. The molecule has 98 valence electrons. The predicted molar refractivity (Wildman–Crippen MR) is 80.0 cm³/mol. The number of hydrogen-bond acceptors (Lipinski definition) is 2. The SMILES string of the molecule is CC#CC(C)(Cn1cncn1)c1ccc(Br)cc1Cl. The lowest BCUT2D eigenvalue weighted by Crippen LogP contribution is -2.27. The number of hydrogen-bond donors (Lipinski definition) is 0. The van der Waals surface area contributed by atoms with Crippen LogP contribution in [0.25, 0.3) is 0 Å². The molecule has 1 atom stereocenters. The van der Waals surface area contributed by atoms with Crippen LogP contribution >= 0.6 is 27.5 Å². The summed E-state index contributed by atoms with van der Waals surface area (Å²) in [5.41, 5.74) is 0.586. The molecule has 0 saturated heterocycles. The quantitative estimate of drug-likeness (QED) is 0.799. The van der Waals surface area contributed by atoms with Crippen molar-refractivity contribution in [1.29, 1.82) is 0 Å². The Labute approximate surface area is 126 Å². The molecule has 0 aliphatic rings. The molecule has 1 heterocycles. The zero-order valence-electron chi connectivity index (χ0n) is 10.7. The minimum absolute atomic E-state index is 0.403. The average molecular weight is 339 g/mol. The van der Waals surface area contributed by atoms with Crippen LogP contribution in [0.15, 0.2) is 35.3 Å². The Bertz CT molecular complexity index is 628. The van der Waals surface area contributed by atoms with Crippen LogP contribution < -0.4 is 0 Å². The fourth-order valence-corrected chi connectivity index (χ4v) is 2.93. The van der Waals surface area contributed by atoms with Crippen molar-refractivity contribution in [3.05, 3.63) is 45.9 Å². The fourth-order valence-electron chi connectivity index (χ4n) is 2.04. The Morgan fingerprint density at radius 3 is 2.84 bits per heavy atom. The molecule has 1 unspecified atom stereocenters. The summed E-state index contributed by atoms with van der Waals surface area (Å²) < 4.78 is 2.72. The largest absolute Gasteiger partial charge is 0.251 e. The Morgan fingerprint density at radius 2 is 2.26 bits per heavy atom. The van der Waals surface area contributed by atoms with Gasteiger partial charge in [0.15, 0.2) is 0 Å². The average Bonchev–Trinajstić information content (AvgIpc) is 2.81. The molecule has 0 aliphatic heterocycles. The van der Waals surface area contributed by atoms with Gasteiger partial charge in [0.05, 0.1) is 12.0 Å². The molecule has 0 aliphatic carbocycles. The van der Waals surface area contributed by atoms with Gasteiger partial charge in [-0.1, -0.05) is 39.5 Å². The second-order valence-corrected chi connectivity index (χ2v) is 5.75. The fraction of sp³-hybridized carbons (Fsp3) is 0.286. The van der Waals surface area contributed by atoms with Crippen LogP contribution in [0.4, 0.5) is 0 Å². The molecule has 0 amide bonds. The van der Waals surface area contributed by atoms with Gasteiger partial charge in [-0.2, -0.15) is 5.10 Å². The first-order valence-corrected chi connectivity index (χ1v) is 6.94. The number of halogens is 2. The number of benzene rings is 1. The molecular formula is C14H13BrClN3. The van der Waals surface area contributed by atoms with Gasteiger partial charge < -0.3 is 0 Å². The highest BCUT2D eigenvalue weighted by atomic mass is 79.9. The lowest BCUT2D eigenvalue weighted by atomic mass is 9.83. The van der Waals surface area contributed by atoms with E-state index in [-0.39, 0.29) is 0 Å². The van der Waals surface area contributed by atoms with Crippen LogP contribution in [0.1, 0.15) is 19.4 Å². The topological polar surface area (TPSA) is 30.7 Å². The van der Waals surface area contributed by atoms with E-state index in [0.29, 0.717) is 11.6 Å². The zero-order chi connectivity index (χ0) is 13.9. The third kappa shape index (κ3) is 3.17. The van der Waals surface area contributed by atoms with Gasteiger partial charge in [-0.15, -0.1) is 5.92 Å². The van der Waals surface area contributed by atoms with E-state index in [1.807, 2.05) is 25.1 Å². The van der Waals surface area contributed by atoms with E-state index < -0.39 is 5.41 Å². The van der Waals surface area contributed by atoms with E-state index in [9.17, 15) is 0 Å². The van der Waals surface area contributed by atoms with E-state index in [1.54, 1.807) is 11.0 Å². The summed E-state index contributed by atoms with van der Waals surface area (Å²) in [6.07, 6.45) is 3.20. The standard InChI is InChI=1S/C14H13BrClN3/c1-3-6-14(2,8-19-10-17-9-18-19)12-5-4-11(15)7-13(12)16/h4-5,7,9-10H,8H2,1-2H3. The van der Waals surface area contributed by atoms with Gasteiger partial charge >= 0.3 is 0 Å². The Hall–Kier alpha value is -1.31. The van der Waals surface area contributed by atoms with Gasteiger partial charge in [0.25, 0.3) is 0 Å². The van der Waals surface area contributed by atoms with E-state index >= 15 is 0 Å². The second kappa shape index (κ2) is 5.77. The lowest BCUT2D eigenvalue weighted by molar-refractivity contribution is 0.464. The van der Waals surface area contributed by atoms with E-state index in [2.05, 4.69) is 44.8 Å². The second-order valence-electron chi connectivity index (χ2n) is 4.42. The maximum Gasteiger partial charge on any atom is 0.137 e. The molecule has 0 saturated carbocycles. The molecule has 0 bridgehead atoms. The molecule has 0 N–H and O–H groups in total. The first kappa shape index (κ1) is 14.1. The lowest BCUT2D eigenvalue weighted by Gasteiger charge is -2.25. The third-order valence-electron chi connectivity index (χ3n) is 2.87. The molecular weight excluding hydrogens is 326 g/mol. The van der Waals surface area contributed by atoms with E-state index in [1.165, 1.54) is 6.33 Å². The molecule has 19 heavy (non-hydrogen) atoms. The molecule has 0 fully saturated rings. The minimum atomic E-state index is -0.403. The summed E-state index contributed by atoms with van der Waals surface area (Å²) in [6.45, 7) is 4.49. The Morgan fingerprint density at radius 1 is 1.47 bits per heavy atom. The molecule has 1 aromatic heterocycles. The van der Waals surface area contributed by atoms with Crippen LogP contribution in [0.3, 0.4) is 0 Å². The molecule has 0 radical (unpaired) electrons. The normalized spacial score (nSPS) is 13.5. The smallest absolute Gasteiger partial charge is 0.137 e. The first-order chi connectivity index (χ1) is 9.05. The van der Waals surface area contributed by atoms with Crippen molar-refractivity contribution in [2.24, 2.45) is 0 Å². The van der Waals surface area contributed by atoms with Crippen LogP contribution in [0.5, 0.6) is 0 Å². The van der Waals surface area contributed by atoms with Crippen LogP contribution in [0, 0.1) is 11.8 Å². The summed E-state index contributed by atoms with van der Waals surface area (Å²) in [6, 6.07) is 5.85. The van der Waals surface area contributed by atoms with Crippen LogP contribution in [-0.2, 0) is 12.0 Å². The monoisotopic (exact) mass is 337 g/mol. The van der Waals surface area contributed by atoms with Gasteiger partial charge in [0.2, 0.25) is 0 Å². The summed E-state index contributed by atoms with van der Waals surface area (Å²) in [5.74, 6) is 6.21. The molecule has 1 aromatic carbocycles. The number of aromatic nitrogens is 3. The molecule has 5 heteroatoms. The summed E-state index contributed by atoms with van der Waals surface area (Å²) in [4.78, 5) is 3.96. The zero-order valence-corrected chi connectivity index (χ0v) is 13.0. The third-order valence-corrected chi connectivity index (χ3v) is 3.68. The first-order valence-electron chi connectivity index (χ1n) is 5.77. The van der Waals surface area contributed by atoms with Crippen molar-refractivity contribution in [3.8, 4) is 11.8 Å². The molecule has 2 rings (SSSR count). The summed E-state index contributed by atoms with van der Waals surface area (Å²) >= 11 is 9.76. The van der Waals surface area contributed by atoms with Crippen molar-refractivity contribution in [2.75, 3.05) is 0 Å². The van der Waals surface area contributed by atoms with Gasteiger partial charge in [-0.25, -0.2) is 4.98 Å². The van der Waals surface area contributed by atoms with E-state index in [4.69, 9.17) is 11.6 Å². The Kier molecular flexibility index (Phi) is 4.28. The van der Waals surface area contributed by atoms with Crippen molar-refractivity contribution in [1.82, 2.24) is 14.8 Å². The van der Waals surface area contributed by atoms with Gasteiger partial charge in [-0.3, -0.25) is 4.68 Å². The van der Waals surface area contributed by atoms with Crippen molar-refractivity contribution < 1.29 is 0 Å². The maximum atomic E-state index is 6.35. The van der Waals surface area contributed by atoms with Crippen molar-refractivity contribution >= 4 is 27.5 Å². The van der Waals surface area contributed by atoms with Crippen LogP contribution in [-0.4, -0.2) is 14.8 Å². The van der Waals surface area contributed by atoms with Crippen molar-refractivity contribution in [2.45, 2.75) is 25.8 Å². The highest BCUT2D eigenvalue weighted by Gasteiger charge is 2.28.